The first-order chi connectivity index (χ1) is 8.29. The Morgan fingerprint density at radius 2 is 2.18 bits per heavy atom. The summed E-state index contributed by atoms with van der Waals surface area (Å²) in [5.74, 6) is 0.344. The van der Waals surface area contributed by atoms with Gasteiger partial charge in [-0.1, -0.05) is 30.2 Å². The highest BCUT2D eigenvalue weighted by atomic mass is 32.1. The van der Waals surface area contributed by atoms with Crippen LogP contribution in [0.5, 0.6) is 0 Å². The quantitative estimate of drug-likeness (QED) is 0.716. The molecule has 0 spiro atoms. The van der Waals surface area contributed by atoms with E-state index in [2.05, 4.69) is 44.2 Å². The molecule has 1 aromatic carbocycles. The third-order valence-corrected chi connectivity index (χ3v) is 2.42. The molecular weight excluding hydrogens is 236 g/mol. The number of benzene rings is 1. The highest BCUT2D eigenvalue weighted by Gasteiger charge is 2.04. The maximum absolute atomic E-state index is 5.15. The zero-order valence-corrected chi connectivity index (χ0v) is 10.1. The Bertz CT molecular complexity index is 495. The lowest BCUT2D eigenvalue weighted by Crippen LogP contribution is -2.20. The number of para-hydroxylation sites is 1. The van der Waals surface area contributed by atoms with Gasteiger partial charge in [-0.3, -0.25) is 5.32 Å². The van der Waals surface area contributed by atoms with E-state index < -0.39 is 0 Å². The van der Waals surface area contributed by atoms with Crippen LogP contribution in [0, 0.1) is 0 Å². The fourth-order valence-electron chi connectivity index (χ4n) is 1.42. The number of aromatic amines is 1. The van der Waals surface area contributed by atoms with Crippen LogP contribution in [0.3, 0.4) is 0 Å². The van der Waals surface area contributed by atoms with Gasteiger partial charge in [0.25, 0.3) is 5.95 Å². The molecule has 0 atom stereocenters. The van der Waals surface area contributed by atoms with Gasteiger partial charge in [-0.05, 0) is 35.5 Å². The smallest absolute Gasteiger partial charge is 0.269 e. The summed E-state index contributed by atoms with van der Waals surface area (Å²) in [4.78, 5) is 0. The molecule has 0 aliphatic rings. The number of anilines is 2. The Hall–Kier alpha value is -2.02. The second-order valence-electron chi connectivity index (χ2n) is 3.33. The van der Waals surface area contributed by atoms with E-state index in [9.17, 15) is 0 Å². The lowest BCUT2D eigenvalue weighted by molar-refractivity contribution is 0.881. The van der Waals surface area contributed by atoms with Gasteiger partial charge in [0.2, 0.25) is 0 Å². The zero-order valence-electron chi connectivity index (χ0n) is 9.27. The van der Waals surface area contributed by atoms with Crippen LogP contribution >= 0.6 is 12.2 Å². The molecule has 0 radical (unpaired) electrons. The van der Waals surface area contributed by atoms with Crippen molar-refractivity contribution in [3.8, 4) is 0 Å². The minimum Gasteiger partial charge on any atom is -0.332 e. The molecule has 0 saturated carbocycles. The maximum Gasteiger partial charge on any atom is 0.269 e. The van der Waals surface area contributed by atoms with E-state index in [4.69, 9.17) is 12.2 Å². The topological polar surface area (TPSA) is 78.5 Å². The monoisotopic (exact) mass is 248 g/mol. The number of aromatic nitrogens is 4. The largest absolute Gasteiger partial charge is 0.332 e. The summed E-state index contributed by atoms with van der Waals surface area (Å²) in [6.45, 7) is 2.09. The fraction of sp³-hybridized carbons (Fsp3) is 0.200. The average molecular weight is 248 g/mol. The van der Waals surface area contributed by atoms with Gasteiger partial charge in [0.15, 0.2) is 5.11 Å². The lowest BCUT2D eigenvalue weighted by atomic mass is 10.1. The van der Waals surface area contributed by atoms with Crippen molar-refractivity contribution in [2.45, 2.75) is 13.3 Å². The van der Waals surface area contributed by atoms with Gasteiger partial charge < -0.3 is 5.32 Å². The number of hydrogen-bond donors (Lipinski definition) is 3. The molecule has 0 aliphatic heterocycles. The minimum atomic E-state index is 0.344. The second-order valence-corrected chi connectivity index (χ2v) is 3.73. The normalized spacial score (nSPS) is 9.94. The van der Waals surface area contributed by atoms with Crippen molar-refractivity contribution in [3.05, 3.63) is 29.8 Å². The van der Waals surface area contributed by atoms with Crippen LogP contribution in [-0.2, 0) is 6.42 Å². The van der Waals surface area contributed by atoms with Crippen molar-refractivity contribution in [3.63, 3.8) is 0 Å². The van der Waals surface area contributed by atoms with Crippen LogP contribution in [0.25, 0.3) is 0 Å². The molecule has 88 valence electrons. The molecule has 1 heterocycles. The molecular formula is C10H12N6S. The van der Waals surface area contributed by atoms with Crippen LogP contribution in [0.15, 0.2) is 24.3 Å². The Balaban J connectivity index is 2.03. The van der Waals surface area contributed by atoms with E-state index in [-0.39, 0.29) is 0 Å². The molecule has 0 saturated heterocycles. The average Bonchev–Trinajstić information content (AvgIpc) is 2.82. The SMILES string of the molecule is CCc1ccccc1NC(=S)Nc1nn[nH]n1. The van der Waals surface area contributed by atoms with Gasteiger partial charge in [-0.15, -0.1) is 5.10 Å². The van der Waals surface area contributed by atoms with E-state index in [1.165, 1.54) is 5.56 Å². The molecule has 0 unspecified atom stereocenters. The molecule has 1 aromatic heterocycles. The second kappa shape index (κ2) is 5.35. The molecule has 0 bridgehead atoms. The number of tetrazole rings is 1. The van der Waals surface area contributed by atoms with E-state index in [1.807, 2.05) is 18.2 Å². The van der Waals surface area contributed by atoms with E-state index in [1.54, 1.807) is 0 Å². The van der Waals surface area contributed by atoms with Crippen LogP contribution in [0.4, 0.5) is 11.6 Å². The first-order valence-corrected chi connectivity index (χ1v) is 5.59. The van der Waals surface area contributed by atoms with E-state index in [0.29, 0.717) is 11.1 Å². The van der Waals surface area contributed by atoms with Gasteiger partial charge in [0, 0.05) is 5.69 Å². The van der Waals surface area contributed by atoms with Gasteiger partial charge in [-0.2, -0.15) is 5.21 Å². The molecule has 2 rings (SSSR count). The maximum atomic E-state index is 5.15. The van der Waals surface area contributed by atoms with Gasteiger partial charge >= 0.3 is 0 Å². The highest BCUT2D eigenvalue weighted by Crippen LogP contribution is 2.15. The fourth-order valence-corrected chi connectivity index (χ4v) is 1.62. The van der Waals surface area contributed by atoms with Crippen molar-refractivity contribution in [2.75, 3.05) is 10.6 Å². The first kappa shape index (κ1) is 11.5. The van der Waals surface area contributed by atoms with Crippen molar-refractivity contribution in [2.24, 2.45) is 0 Å². The minimum absolute atomic E-state index is 0.344. The van der Waals surface area contributed by atoms with Crippen molar-refractivity contribution < 1.29 is 0 Å². The van der Waals surface area contributed by atoms with Gasteiger partial charge in [-0.25, -0.2) is 0 Å². The number of hydrogen-bond acceptors (Lipinski definition) is 4. The van der Waals surface area contributed by atoms with Crippen LogP contribution < -0.4 is 10.6 Å². The van der Waals surface area contributed by atoms with Crippen LogP contribution in [0.1, 0.15) is 12.5 Å². The molecule has 0 fully saturated rings. The van der Waals surface area contributed by atoms with Crippen molar-refractivity contribution in [1.82, 2.24) is 20.6 Å². The summed E-state index contributed by atoms with van der Waals surface area (Å²) >= 11 is 5.15. The highest BCUT2D eigenvalue weighted by molar-refractivity contribution is 7.80. The molecule has 2 aromatic rings. The lowest BCUT2D eigenvalue weighted by Gasteiger charge is -2.11. The van der Waals surface area contributed by atoms with Crippen molar-refractivity contribution in [1.29, 1.82) is 0 Å². The number of aryl methyl sites for hydroxylation is 1. The predicted molar refractivity (Wildman–Crippen MR) is 69.8 cm³/mol. The van der Waals surface area contributed by atoms with E-state index in [0.717, 1.165) is 12.1 Å². The number of nitrogens with one attached hydrogen (secondary N) is 3. The summed E-state index contributed by atoms with van der Waals surface area (Å²) in [5, 5.41) is 19.6. The summed E-state index contributed by atoms with van der Waals surface area (Å²) in [6.07, 6.45) is 0.938. The summed E-state index contributed by atoms with van der Waals surface area (Å²) < 4.78 is 0. The third-order valence-electron chi connectivity index (χ3n) is 2.22. The summed E-state index contributed by atoms with van der Waals surface area (Å²) in [5.41, 5.74) is 2.18. The molecule has 0 aliphatic carbocycles. The Morgan fingerprint density at radius 3 is 2.88 bits per heavy atom. The molecule has 7 heteroatoms. The Kier molecular flexibility index (Phi) is 3.61. The first-order valence-electron chi connectivity index (χ1n) is 5.19. The Morgan fingerprint density at radius 1 is 1.35 bits per heavy atom. The molecule has 3 N–H and O–H groups in total. The molecule has 0 amide bonds. The summed E-state index contributed by atoms with van der Waals surface area (Å²) in [7, 11) is 0. The van der Waals surface area contributed by atoms with Gasteiger partial charge in [0.05, 0.1) is 0 Å². The third kappa shape index (κ3) is 2.97. The predicted octanol–water partition coefficient (Wildman–Crippen LogP) is 1.57. The van der Waals surface area contributed by atoms with Crippen molar-refractivity contribution >= 4 is 29.0 Å². The van der Waals surface area contributed by atoms with Crippen LogP contribution in [-0.4, -0.2) is 25.7 Å². The molecule has 17 heavy (non-hydrogen) atoms. The standard InChI is InChI=1S/C10H12N6S/c1-2-7-5-3-4-6-8(7)11-10(17)12-9-13-15-16-14-9/h3-6H,2H2,1H3,(H3,11,12,13,14,15,16,17). The number of H-pyrrole nitrogens is 1. The van der Waals surface area contributed by atoms with E-state index >= 15 is 0 Å². The molecule has 6 nitrogen and oxygen atoms in total. The number of nitrogens with zero attached hydrogens (tertiary/aromatic N) is 3. The van der Waals surface area contributed by atoms with Crippen LogP contribution in [0.2, 0.25) is 0 Å². The number of thiocarbonyl (C=S) groups is 1. The Labute approximate surface area is 104 Å². The summed E-state index contributed by atoms with van der Waals surface area (Å²) in [6, 6.07) is 7.99. The number of rotatable bonds is 3. The zero-order chi connectivity index (χ0) is 12.1. The van der Waals surface area contributed by atoms with Gasteiger partial charge in [0.1, 0.15) is 0 Å².